The molecule has 9 heteroatoms. The molecule has 0 aliphatic heterocycles. The van der Waals surface area contributed by atoms with E-state index in [1.165, 1.54) is 13.8 Å². The molecule has 0 heterocycles. The average molecular weight is 286 g/mol. The summed E-state index contributed by atoms with van der Waals surface area (Å²) in [6.45, 7) is 1.01. The highest BCUT2D eigenvalue weighted by atomic mass is 19.4. The fourth-order valence-electron chi connectivity index (χ4n) is 0.864. The molecule has 0 aliphatic rings. The number of ether oxygens (including phenoxy) is 1. The van der Waals surface area contributed by atoms with Gasteiger partial charge in [0.05, 0.1) is 12.0 Å². The van der Waals surface area contributed by atoms with Crippen LogP contribution in [0.25, 0.3) is 0 Å². The second-order valence-electron chi connectivity index (χ2n) is 4.47. The van der Waals surface area contributed by atoms with Crippen molar-refractivity contribution >= 4 is 12.0 Å². The minimum absolute atomic E-state index is 0.0996. The van der Waals surface area contributed by atoms with Crippen molar-refractivity contribution in [2.24, 2.45) is 5.41 Å². The first-order chi connectivity index (χ1) is 8.54. The molecular formula is C10H17F3N2O4. The third-order valence-electron chi connectivity index (χ3n) is 2.07. The van der Waals surface area contributed by atoms with Gasteiger partial charge >= 0.3 is 18.2 Å². The minimum Gasteiger partial charge on any atom is -0.481 e. The molecule has 2 amide bonds. The molecule has 3 N–H and O–H groups in total. The average Bonchev–Trinajstić information content (AvgIpc) is 2.24. The van der Waals surface area contributed by atoms with Gasteiger partial charge in [-0.2, -0.15) is 13.2 Å². The monoisotopic (exact) mass is 286 g/mol. The molecule has 0 fully saturated rings. The highest BCUT2D eigenvalue weighted by molar-refractivity contribution is 5.77. The number of carbonyl (C=O) groups excluding carboxylic acids is 1. The lowest BCUT2D eigenvalue weighted by Gasteiger charge is -2.19. The highest BCUT2D eigenvalue weighted by Crippen LogP contribution is 2.14. The Morgan fingerprint density at radius 3 is 2.26 bits per heavy atom. The van der Waals surface area contributed by atoms with Crippen LogP contribution in [0.4, 0.5) is 18.0 Å². The molecular weight excluding hydrogens is 269 g/mol. The van der Waals surface area contributed by atoms with E-state index in [1.54, 1.807) is 0 Å². The summed E-state index contributed by atoms with van der Waals surface area (Å²) in [5, 5.41) is 13.3. The van der Waals surface area contributed by atoms with E-state index in [2.05, 4.69) is 15.4 Å². The second kappa shape index (κ2) is 7.17. The van der Waals surface area contributed by atoms with E-state index in [0.29, 0.717) is 0 Å². The van der Waals surface area contributed by atoms with Gasteiger partial charge in [-0.25, -0.2) is 4.79 Å². The topological polar surface area (TPSA) is 87.7 Å². The number of alkyl halides is 3. The molecule has 0 bridgehead atoms. The van der Waals surface area contributed by atoms with E-state index in [1.807, 2.05) is 0 Å². The zero-order valence-corrected chi connectivity index (χ0v) is 10.6. The Balaban J connectivity index is 3.69. The summed E-state index contributed by atoms with van der Waals surface area (Å²) in [5.74, 6) is -1.07. The molecule has 0 aromatic rings. The summed E-state index contributed by atoms with van der Waals surface area (Å²) in [5.41, 5.74) is -1.12. The van der Waals surface area contributed by atoms with Crippen LogP contribution in [0.3, 0.4) is 0 Å². The molecule has 0 radical (unpaired) electrons. The number of aliphatic carboxylic acids is 1. The number of amides is 2. The molecule has 0 aromatic carbocycles. The fourth-order valence-corrected chi connectivity index (χ4v) is 0.864. The van der Waals surface area contributed by atoms with Gasteiger partial charge in [0.25, 0.3) is 0 Å². The van der Waals surface area contributed by atoms with Crippen LogP contribution in [0.1, 0.15) is 13.8 Å². The number of halogens is 3. The third-order valence-corrected chi connectivity index (χ3v) is 2.07. The summed E-state index contributed by atoms with van der Waals surface area (Å²) in [7, 11) is 0. The van der Waals surface area contributed by atoms with E-state index in [-0.39, 0.29) is 19.7 Å². The summed E-state index contributed by atoms with van der Waals surface area (Å²) >= 11 is 0. The summed E-state index contributed by atoms with van der Waals surface area (Å²) in [6, 6.07) is -0.662. The molecule has 6 nitrogen and oxygen atoms in total. The number of carbonyl (C=O) groups is 2. The van der Waals surface area contributed by atoms with Gasteiger partial charge in [0.15, 0.2) is 0 Å². The lowest BCUT2D eigenvalue weighted by molar-refractivity contribution is -0.173. The van der Waals surface area contributed by atoms with Gasteiger partial charge in [-0.05, 0) is 13.8 Å². The van der Waals surface area contributed by atoms with Gasteiger partial charge in [0, 0.05) is 13.1 Å². The number of rotatable bonds is 7. The van der Waals surface area contributed by atoms with Crippen LogP contribution in [0.5, 0.6) is 0 Å². The van der Waals surface area contributed by atoms with Crippen molar-refractivity contribution in [3.8, 4) is 0 Å². The SMILES string of the molecule is CC(C)(CNC(=O)NCCOCC(F)(F)F)C(=O)O. The Labute approximate surface area is 108 Å². The van der Waals surface area contributed by atoms with Crippen molar-refractivity contribution in [1.82, 2.24) is 10.6 Å². The van der Waals surface area contributed by atoms with E-state index < -0.39 is 30.2 Å². The Morgan fingerprint density at radius 1 is 1.21 bits per heavy atom. The maximum absolute atomic E-state index is 11.7. The van der Waals surface area contributed by atoms with Crippen molar-refractivity contribution in [2.45, 2.75) is 20.0 Å². The van der Waals surface area contributed by atoms with Crippen LogP contribution < -0.4 is 10.6 Å². The zero-order chi connectivity index (χ0) is 15.1. The molecule has 0 unspecified atom stereocenters. The molecule has 112 valence electrons. The zero-order valence-electron chi connectivity index (χ0n) is 10.6. The maximum atomic E-state index is 11.7. The van der Waals surface area contributed by atoms with Crippen molar-refractivity contribution in [1.29, 1.82) is 0 Å². The van der Waals surface area contributed by atoms with Crippen LogP contribution in [-0.4, -0.2) is 49.6 Å². The first-order valence-corrected chi connectivity index (χ1v) is 5.44. The van der Waals surface area contributed by atoms with Crippen LogP contribution >= 0.6 is 0 Å². The number of hydrogen-bond donors (Lipinski definition) is 3. The van der Waals surface area contributed by atoms with Crippen LogP contribution in [0, 0.1) is 5.41 Å². The Hall–Kier alpha value is -1.51. The number of hydrogen-bond acceptors (Lipinski definition) is 3. The molecule has 0 rings (SSSR count). The number of carboxylic acid groups (broad SMARTS) is 1. The maximum Gasteiger partial charge on any atom is 0.411 e. The van der Waals surface area contributed by atoms with Crippen LogP contribution in [0.2, 0.25) is 0 Å². The Kier molecular flexibility index (Phi) is 6.60. The van der Waals surface area contributed by atoms with E-state index in [9.17, 15) is 22.8 Å². The van der Waals surface area contributed by atoms with Gasteiger partial charge in [-0.1, -0.05) is 0 Å². The molecule has 19 heavy (non-hydrogen) atoms. The van der Waals surface area contributed by atoms with Gasteiger partial charge in [-0.15, -0.1) is 0 Å². The van der Waals surface area contributed by atoms with Crippen molar-refractivity contribution in [3.63, 3.8) is 0 Å². The predicted molar refractivity (Wildman–Crippen MR) is 59.7 cm³/mol. The highest BCUT2D eigenvalue weighted by Gasteiger charge is 2.28. The number of carboxylic acids is 1. The van der Waals surface area contributed by atoms with E-state index in [0.717, 1.165) is 0 Å². The fraction of sp³-hybridized carbons (Fsp3) is 0.800. The molecule has 0 saturated carbocycles. The number of urea groups is 1. The normalized spacial score (nSPS) is 12.1. The van der Waals surface area contributed by atoms with Gasteiger partial charge in [0.1, 0.15) is 6.61 Å². The molecule has 0 aromatic heterocycles. The second-order valence-corrected chi connectivity index (χ2v) is 4.47. The summed E-state index contributed by atoms with van der Waals surface area (Å²) < 4.78 is 39.3. The standard InChI is InChI=1S/C10H17F3N2O4/c1-9(2,7(16)17)5-15-8(18)14-3-4-19-6-10(11,12)13/h3-6H2,1-2H3,(H,16,17)(H2,14,15,18). The van der Waals surface area contributed by atoms with Crippen molar-refractivity contribution in [2.75, 3.05) is 26.3 Å². The quantitative estimate of drug-likeness (QED) is 0.609. The lowest BCUT2D eigenvalue weighted by atomic mass is 9.94. The molecule has 0 spiro atoms. The van der Waals surface area contributed by atoms with Gasteiger partial charge in [-0.3, -0.25) is 4.79 Å². The van der Waals surface area contributed by atoms with Crippen LogP contribution in [-0.2, 0) is 9.53 Å². The molecule has 0 saturated heterocycles. The third kappa shape index (κ3) is 9.11. The smallest absolute Gasteiger partial charge is 0.411 e. The first-order valence-electron chi connectivity index (χ1n) is 5.44. The summed E-state index contributed by atoms with van der Waals surface area (Å²) in [6.07, 6.45) is -4.40. The largest absolute Gasteiger partial charge is 0.481 e. The van der Waals surface area contributed by atoms with Crippen LogP contribution in [0.15, 0.2) is 0 Å². The van der Waals surface area contributed by atoms with Crippen molar-refractivity contribution in [3.05, 3.63) is 0 Å². The van der Waals surface area contributed by atoms with E-state index in [4.69, 9.17) is 5.11 Å². The van der Waals surface area contributed by atoms with E-state index >= 15 is 0 Å². The van der Waals surface area contributed by atoms with Crippen molar-refractivity contribution < 1.29 is 32.6 Å². The predicted octanol–water partition coefficient (Wildman–Crippen LogP) is 0.975. The van der Waals surface area contributed by atoms with Gasteiger partial charge < -0.3 is 20.5 Å². The molecule has 0 atom stereocenters. The lowest BCUT2D eigenvalue weighted by Crippen LogP contribution is -2.44. The Morgan fingerprint density at radius 2 is 1.79 bits per heavy atom. The minimum atomic E-state index is -4.40. The van der Waals surface area contributed by atoms with Gasteiger partial charge in [0.2, 0.25) is 0 Å². The Bertz CT molecular complexity index is 318. The summed E-state index contributed by atoms with van der Waals surface area (Å²) in [4.78, 5) is 21.9. The first kappa shape index (κ1) is 17.5. The number of nitrogens with one attached hydrogen (secondary N) is 2. The molecule has 0 aliphatic carbocycles.